The third-order valence-corrected chi connectivity index (χ3v) is 1.73. The highest BCUT2D eigenvalue weighted by Gasteiger charge is 2.19. The largest absolute Gasteiger partial charge is 0.367 e. The van der Waals surface area contributed by atoms with E-state index in [-0.39, 0.29) is 5.91 Å². The number of hydrogen-bond donors (Lipinski definition) is 2. The van der Waals surface area contributed by atoms with Crippen LogP contribution in [-0.2, 0) is 4.79 Å². The van der Waals surface area contributed by atoms with Crippen molar-refractivity contribution in [3.8, 4) is 0 Å². The highest BCUT2D eigenvalue weighted by Crippen LogP contribution is 2.18. The summed E-state index contributed by atoms with van der Waals surface area (Å²) in [7, 11) is 0. The van der Waals surface area contributed by atoms with Crippen LogP contribution in [-0.4, -0.2) is 12.6 Å². The first-order chi connectivity index (χ1) is 4.88. The Hall–Kier alpha value is -1.25. The third kappa shape index (κ3) is 0.635. The Bertz CT molecular complexity index is 240. The smallest absolute Gasteiger partial charge is 0.250 e. The molecule has 3 heteroatoms. The van der Waals surface area contributed by atoms with Crippen LogP contribution in [0.1, 0.15) is 6.42 Å². The summed E-state index contributed by atoms with van der Waals surface area (Å²) < 4.78 is 0. The lowest BCUT2D eigenvalue weighted by atomic mass is 10.2. The summed E-state index contributed by atoms with van der Waals surface area (Å²) in [6.45, 7) is 0.558. The number of carbonyl (C=O) groups is 1. The molecule has 0 aromatic carbocycles. The second kappa shape index (κ2) is 1.87. The molecule has 1 heterocycles. The van der Waals surface area contributed by atoms with Crippen LogP contribution in [0.15, 0.2) is 23.4 Å². The van der Waals surface area contributed by atoms with Gasteiger partial charge in [-0.05, 0) is 12.5 Å². The highest BCUT2D eigenvalue weighted by molar-refractivity contribution is 5.96. The Balaban J connectivity index is 2.36. The molecule has 1 aliphatic carbocycles. The van der Waals surface area contributed by atoms with Crippen LogP contribution in [0.2, 0.25) is 0 Å². The van der Waals surface area contributed by atoms with Crippen molar-refractivity contribution in [1.82, 2.24) is 10.6 Å². The van der Waals surface area contributed by atoms with E-state index in [1.165, 1.54) is 0 Å². The van der Waals surface area contributed by atoms with Crippen LogP contribution in [0.5, 0.6) is 0 Å². The summed E-state index contributed by atoms with van der Waals surface area (Å²) in [4.78, 5) is 11.0. The van der Waals surface area contributed by atoms with Gasteiger partial charge in [-0.1, -0.05) is 6.08 Å². The number of hydrogen-bond acceptors (Lipinski definition) is 2. The van der Waals surface area contributed by atoms with E-state index in [4.69, 9.17) is 0 Å². The van der Waals surface area contributed by atoms with Gasteiger partial charge in [-0.3, -0.25) is 4.79 Å². The molecule has 0 radical (unpaired) electrons. The van der Waals surface area contributed by atoms with Gasteiger partial charge in [0.2, 0.25) is 0 Å². The van der Waals surface area contributed by atoms with Crippen molar-refractivity contribution < 1.29 is 4.79 Å². The van der Waals surface area contributed by atoms with Crippen molar-refractivity contribution >= 4 is 5.91 Å². The van der Waals surface area contributed by atoms with Gasteiger partial charge in [0.25, 0.3) is 5.91 Å². The summed E-state index contributed by atoms with van der Waals surface area (Å²) in [5.74, 6) is 0.0683. The number of carbonyl (C=O) groups excluding carboxylic acids is 1. The van der Waals surface area contributed by atoms with Crippen LogP contribution < -0.4 is 10.6 Å². The number of amides is 1. The van der Waals surface area contributed by atoms with E-state index in [0.29, 0.717) is 6.67 Å². The van der Waals surface area contributed by atoms with Gasteiger partial charge in [-0.25, -0.2) is 0 Å². The second-order valence-corrected chi connectivity index (χ2v) is 2.36. The fourth-order valence-corrected chi connectivity index (χ4v) is 1.21. The molecule has 0 fully saturated rings. The van der Waals surface area contributed by atoms with Crippen molar-refractivity contribution in [2.45, 2.75) is 6.42 Å². The van der Waals surface area contributed by atoms with Crippen molar-refractivity contribution in [2.75, 3.05) is 6.67 Å². The normalized spacial score (nSPS) is 22.2. The Morgan fingerprint density at radius 1 is 1.40 bits per heavy atom. The second-order valence-electron chi connectivity index (χ2n) is 2.36. The van der Waals surface area contributed by atoms with Crippen molar-refractivity contribution in [2.24, 2.45) is 0 Å². The van der Waals surface area contributed by atoms with Gasteiger partial charge < -0.3 is 10.6 Å². The maximum atomic E-state index is 11.0. The van der Waals surface area contributed by atoms with Gasteiger partial charge in [0, 0.05) is 11.3 Å². The van der Waals surface area contributed by atoms with Crippen LogP contribution in [0, 0.1) is 0 Å². The average molecular weight is 136 g/mol. The molecule has 1 amide bonds. The average Bonchev–Trinajstić information content (AvgIpc) is 2.36. The number of rotatable bonds is 0. The van der Waals surface area contributed by atoms with Crippen LogP contribution in [0.4, 0.5) is 0 Å². The first kappa shape index (κ1) is 5.53. The van der Waals surface area contributed by atoms with Gasteiger partial charge in [-0.15, -0.1) is 0 Å². The molecular formula is C7H8N2O. The standard InChI is InChI=1S/C7H8N2O/c10-7-5-2-1-3-6(5)8-4-9-7/h1,3,8H,2,4H2,(H,9,10). The van der Waals surface area contributed by atoms with Gasteiger partial charge in [0.15, 0.2) is 0 Å². The molecule has 0 bridgehead atoms. The fraction of sp³-hybridized carbons (Fsp3) is 0.286. The molecule has 2 rings (SSSR count). The topological polar surface area (TPSA) is 41.1 Å². The Kier molecular flexibility index (Phi) is 1.03. The zero-order valence-electron chi connectivity index (χ0n) is 5.48. The van der Waals surface area contributed by atoms with Crippen molar-refractivity contribution in [3.63, 3.8) is 0 Å². The summed E-state index contributed by atoms with van der Waals surface area (Å²) >= 11 is 0. The molecule has 0 saturated carbocycles. The van der Waals surface area contributed by atoms with Gasteiger partial charge in [0.1, 0.15) is 0 Å². The molecule has 0 aromatic heterocycles. The summed E-state index contributed by atoms with van der Waals surface area (Å²) in [6, 6.07) is 0. The quantitative estimate of drug-likeness (QED) is 0.487. The first-order valence-electron chi connectivity index (χ1n) is 3.30. The van der Waals surface area contributed by atoms with Gasteiger partial charge >= 0.3 is 0 Å². The van der Waals surface area contributed by atoms with E-state index in [1.54, 1.807) is 0 Å². The lowest BCUT2D eigenvalue weighted by molar-refractivity contribution is -0.118. The van der Waals surface area contributed by atoms with E-state index in [0.717, 1.165) is 17.7 Å². The number of nitrogens with one attached hydrogen (secondary N) is 2. The minimum Gasteiger partial charge on any atom is -0.367 e. The van der Waals surface area contributed by atoms with Gasteiger partial charge in [-0.2, -0.15) is 0 Å². The maximum Gasteiger partial charge on any atom is 0.250 e. The van der Waals surface area contributed by atoms with Crippen molar-refractivity contribution in [3.05, 3.63) is 23.4 Å². The minimum atomic E-state index is 0.0683. The highest BCUT2D eigenvalue weighted by atomic mass is 16.1. The zero-order chi connectivity index (χ0) is 6.97. The van der Waals surface area contributed by atoms with Crippen molar-refractivity contribution in [1.29, 1.82) is 0 Å². The molecule has 10 heavy (non-hydrogen) atoms. The Morgan fingerprint density at radius 2 is 2.30 bits per heavy atom. The Labute approximate surface area is 58.8 Å². The van der Waals surface area contributed by atoms with E-state index >= 15 is 0 Å². The summed E-state index contributed by atoms with van der Waals surface area (Å²) in [6.07, 6.45) is 4.71. The zero-order valence-corrected chi connectivity index (χ0v) is 5.48. The Morgan fingerprint density at radius 3 is 3.10 bits per heavy atom. The van der Waals surface area contributed by atoms with Gasteiger partial charge in [0.05, 0.1) is 6.67 Å². The molecule has 0 saturated heterocycles. The predicted octanol–water partition coefficient (Wildman–Crippen LogP) is -0.123. The monoisotopic (exact) mass is 136 g/mol. The molecule has 3 nitrogen and oxygen atoms in total. The third-order valence-electron chi connectivity index (χ3n) is 1.73. The summed E-state index contributed by atoms with van der Waals surface area (Å²) in [5, 5.41) is 5.78. The molecule has 1 aliphatic heterocycles. The predicted molar refractivity (Wildman–Crippen MR) is 36.9 cm³/mol. The fourth-order valence-electron chi connectivity index (χ4n) is 1.21. The van der Waals surface area contributed by atoms with Crippen LogP contribution in [0.3, 0.4) is 0 Å². The number of allylic oxidation sites excluding steroid dienone is 2. The molecule has 0 aromatic rings. The van der Waals surface area contributed by atoms with E-state index in [9.17, 15) is 4.79 Å². The molecule has 0 unspecified atom stereocenters. The first-order valence-corrected chi connectivity index (χ1v) is 3.30. The summed E-state index contributed by atoms with van der Waals surface area (Å²) in [5.41, 5.74) is 1.86. The lowest BCUT2D eigenvalue weighted by Gasteiger charge is -2.16. The lowest BCUT2D eigenvalue weighted by Crippen LogP contribution is -2.39. The molecular weight excluding hydrogens is 128 g/mol. The molecule has 0 atom stereocenters. The molecule has 2 N–H and O–H groups in total. The van der Waals surface area contributed by atoms with E-state index < -0.39 is 0 Å². The van der Waals surface area contributed by atoms with E-state index in [1.807, 2.05) is 12.2 Å². The minimum absolute atomic E-state index is 0.0683. The molecule has 52 valence electrons. The molecule has 0 spiro atoms. The SMILES string of the molecule is O=C1NCNC2=C1CC=C2. The van der Waals surface area contributed by atoms with E-state index in [2.05, 4.69) is 10.6 Å². The van der Waals surface area contributed by atoms with Crippen LogP contribution in [0.25, 0.3) is 0 Å². The van der Waals surface area contributed by atoms with Crippen LogP contribution >= 0.6 is 0 Å². The maximum absolute atomic E-state index is 11.0. The molecule has 2 aliphatic rings.